The Hall–Kier alpha value is -0.570. The lowest BCUT2D eigenvalue weighted by Gasteiger charge is -2.35. The van der Waals surface area contributed by atoms with Crippen LogP contribution in [0.15, 0.2) is 0 Å². The zero-order valence-corrected chi connectivity index (χ0v) is 10.5. The van der Waals surface area contributed by atoms with E-state index < -0.39 is 0 Å². The van der Waals surface area contributed by atoms with Gasteiger partial charge in [0.2, 0.25) is 5.24 Å². The highest BCUT2D eigenvalue weighted by Crippen LogP contribution is 2.43. The van der Waals surface area contributed by atoms with Crippen molar-refractivity contribution in [1.82, 2.24) is 0 Å². The molecule has 1 fully saturated rings. The summed E-state index contributed by atoms with van der Waals surface area (Å²) in [4.78, 5) is 22.6. The Bertz CT molecular complexity index is 257. The van der Waals surface area contributed by atoms with E-state index in [0.717, 1.165) is 25.7 Å². The number of hydrogen-bond donors (Lipinski definition) is 0. The molecule has 16 heavy (non-hydrogen) atoms. The third-order valence-electron chi connectivity index (χ3n) is 3.25. The van der Waals surface area contributed by atoms with Gasteiger partial charge in [0.05, 0.1) is 13.0 Å². The largest absolute Gasteiger partial charge is 0.466 e. The van der Waals surface area contributed by atoms with Crippen molar-refractivity contribution in [3.8, 4) is 0 Å². The molecule has 0 aromatic rings. The van der Waals surface area contributed by atoms with Gasteiger partial charge in [0.25, 0.3) is 0 Å². The van der Waals surface area contributed by atoms with E-state index in [0.29, 0.717) is 19.4 Å². The molecule has 0 radical (unpaired) electrons. The Labute approximate surface area is 101 Å². The lowest BCUT2D eigenvalue weighted by molar-refractivity contribution is -0.146. The normalized spacial score (nSPS) is 19.1. The topological polar surface area (TPSA) is 43.4 Å². The number of rotatable bonds is 5. The molecule has 0 spiro atoms. The summed E-state index contributed by atoms with van der Waals surface area (Å²) in [5, 5.41) is -0.341. The second-order valence-corrected chi connectivity index (χ2v) is 5.00. The molecule has 0 heterocycles. The lowest BCUT2D eigenvalue weighted by Crippen LogP contribution is -2.30. The van der Waals surface area contributed by atoms with Gasteiger partial charge in [-0.15, -0.1) is 0 Å². The van der Waals surface area contributed by atoms with Crippen molar-refractivity contribution in [2.75, 3.05) is 6.61 Å². The molecular formula is C12H19ClO3. The van der Waals surface area contributed by atoms with E-state index in [1.165, 1.54) is 6.42 Å². The van der Waals surface area contributed by atoms with Crippen LogP contribution in [0.1, 0.15) is 51.9 Å². The molecule has 1 saturated carbocycles. The van der Waals surface area contributed by atoms with Crippen LogP contribution in [0.2, 0.25) is 0 Å². The highest BCUT2D eigenvalue weighted by molar-refractivity contribution is 6.63. The van der Waals surface area contributed by atoms with Gasteiger partial charge in [-0.3, -0.25) is 9.59 Å². The van der Waals surface area contributed by atoms with Crippen LogP contribution in [0.4, 0.5) is 0 Å². The van der Waals surface area contributed by atoms with Crippen molar-refractivity contribution in [1.29, 1.82) is 0 Å². The van der Waals surface area contributed by atoms with E-state index >= 15 is 0 Å². The Kier molecular flexibility index (Phi) is 5.26. The second kappa shape index (κ2) is 6.24. The van der Waals surface area contributed by atoms with Crippen LogP contribution in [0, 0.1) is 5.41 Å². The van der Waals surface area contributed by atoms with Crippen LogP contribution >= 0.6 is 11.6 Å². The Balaban J connectivity index is 2.62. The minimum Gasteiger partial charge on any atom is -0.466 e. The molecule has 0 atom stereocenters. The maximum Gasteiger partial charge on any atom is 0.306 e. The number of ether oxygens (including phenoxy) is 1. The molecule has 0 aliphatic heterocycles. The van der Waals surface area contributed by atoms with Gasteiger partial charge in [0.1, 0.15) is 0 Å². The quantitative estimate of drug-likeness (QED) is 0.553. The molecular weight excluding hydrogens is 228 g/mol. The van der Waals surface area contributed by atoms with E-state index in [1.807, 2.05) is 0 Å². The molecule has 0 unspecified atom stereocenters. The van der Waals surface area contributed by atoms with Gasteiger partial charge >= 0.3 is 5.97 Å². The standard InChI is InChI=1S/C12H19ClO3/c1-2-16-11(15)9-12(8-10(13)14)6-4-3-5-7-12/h2-9H2,1H3. The van der Waals surface area contributed by atoms with E-state index in [1.54, 1.807) is 6.92 Å². The zero-order valence-electron chi connectivity index (χ0n) is 9.76. The molecule has 1 aliphatic rings. The van der Waals surface area contributed by atoms with Crippen LogP contribution in [0.3, 0.4) is 0 Å². The number of esters is 1. The molecule has 0 bridgehead atoms. The van der Waals surface area contributed by atoms with E-state index in [2.05, 4.69) is 0 Å². The first-order valence-corrected chi connectivity index (χ1v) is 6.30. The van der Waals surface area contributed by atoms with Gasteiger partial charge in [-0.1, -0.05) is 19.3 Å². The molecule has 0 aromatic heterocycles. The minimum atomic E-state index is -0.341. The third kappa shape index (κ3) is 4.12. The fourth-order valence-corrected chi connectivity index (χ4v) is 2.81. The van der Waals surface area contributed by atoms with Gasteiger partial charge in [0, 0.05) is 6.42 Å². The van der Waals surface area contributed by atoms with E-state index in [-0.39, 0.29) is 16.6 Å². The SMILES string of the molecule is CCOC(=O)CC1(CC(=O)Cl)CCCCC1. The molecule has 0 amide bonds. The highest BCUT2D eigenvalue weighted by atomic mass is 35.5. The predicted octanol–water partition coefficient (Wildman–Crippen LogP) is 3.05. The summed E-state index contributed by atoms with van der Waals surface area (Å²) >= 11 is 5.47. The molecule has 1 aliphatic carbocycles. The smallest absolute Gasteiger partial charge is 0.306 e. The maximum atomic E-state index is 11.5. The summed E-state index contributed by atoms with van der Waals surface area (Å²) in [5.74, 6) is -0.206. The lowest BCUT2D eigenvalue weighted by atomic mass is 9.70. The van der Waals surface area contributed by atoms with Crippen LogP contribution in [0.25, 0.3) is 0 Å². The summed E-state index contributed by atoms with van der Waals surface area (Å²) in [6, 6.07) is 0. The van der Waals surface area contributed by atoms with Crippen LogP contribution in [-0.4, -0.2) is 17.8 Å². The number of carbonyl (C=O) groups is 2. The molecule has 0 N–H and O–H groups in total. The van der Waals surface area contributed by atoms with E-state index in [9.17, 15) is 9.59 Å². The van der Waals surface area contributed by atoms with Crippen LogP contribution in [-0.2, 0) is 14.3 Å². The predicted molar refractivity (Wildman–Crippen MR) is 62.2 cm³/mol. The van der Waals surface area contributed by atoms with Gasteiger partial charge in [-0.2, -0.15) is 0 Å². The average molecular weight is 247 g/mol. The fourth-order valence-electron chi connectivity index (χ4n) is 2.53. The van der Waals surface area contributed by atoms with Gasteiger partial charge in [-0.05, 0) is 36.8 Å². The Morgan fingerprint density at radius 3 is 2.31 bits per heavy atom. The summed E-state index contributed by atoms with van der Waals surface area (Å²) in [7, 11) is 0. The van der Waals surface area contributed by atoms with Gasteiger partial charge in [0.15, 0.2) is 0 Å². The van der Waals surface area contributed by atoms with Crippen molar-refractivity contribution in [2.24, 2.45) is 5.41 Å². The fraction of sp³-hybridized carbons (Fsp3) is 0.833. The summed E-state index contributed by atoms with van der Waals surface area (Å²) < 4.78 is 4.96. The number of carbonyl (C=O) groups excluding carboxylic acids is 2. The maximum absolute atomic E-state index is 11.5. The van der Waals surface area contributed by atoms with Crippen molar-refractivity contribution < 1.29 is 14.3 Å². The number of hydrogen-bond acceptors (Lipinski definition) is 3. The highest BCUT2D eigenvalue weighted by Gasteiger charge is 2.36. The summed E-state index contributed by atoms with van der Waals surface area (Å²) in [6.45, 7) is 2.18. The summed E-state index contributed by atoms with van der Waals surface area (Å²) in [5.41, 5.74) is -0.233. The Morgan fingerprint density at radius 2 is 1.81 bits per heavy atom. The molecule has 1 rings (SSSR count). The monoisotopic (exact) mass is 246 g/mol. The third-order valence-corrected chi connectivity index (χ3v) is 3.39. The van der Waals surface area contributed by atoms with Crippen molar-refractivity contribution in [3.05, 3.63) is 0 Å². The molecule has 92 valence electrons. The van der Waals surface area contributed by atoms with E-state index in [4.69, 9.17) is 16.3 Å². The molecule has 0 aromatic carbocycles. The van der Waals surface area contributed by atoms with Crippen molar-refractivity contribution in [3.63, 3.8) is 0 Å². The molecule has 3 nitrogen and oxygen atoms in total. The van der Waals surface area contributed by atoms with Gasteiger partial charge < -0.3 is 4.74 Å². The average Bonchev–Trinajstić information content (AvgIpc) is 2.17. The second-order valence-electron chi connectivity index (χ2n) is 4.57. The minimum absolute atomic E-state index is 0.206. The van der Waals surface area contributed by atoms with Crippen LogP contribution in [0.5, 0.6) is 0 Å². The van der Waals surface area contributed by atoms with Crippen molar-refractivity contribution in [2.45, 2.75) is 51.9 Å². The van der Waals surface area contributed by atoms with Crippen LogP contribution < -0.4 is 0 Å². The molecule has 4 heteroatoms. The first-order valence-electron chi connectivity index (χ1n) is 5.92. The number of halogens is 1. The zero-order chi connectivity index (χ0) is 12.0. The molecule has 0 saturated heterocycles. The first-order chi connectivity index (χ1) is 7.58. The van der Waals surface area contributed by atoms with Crippen molar-refractivity contribution >= 4 is 22.8 Å². The first kappa shape index (κ1) is 13.5. The summed E-state index contributed by atoms with van der Waals surface area (Å²) in [6.07, 6.45) is 5.77. The van der Waals surface area contributed by atoms with Gasteiger partial charge in [-0.25, -0.2) is 0 Å². The Morgan fingerprint density at radius 1 is 1.19 bits per heavy atom.